The normalized spacial score (nSPS) is 22.0. The van der Waals surface area contributed by atoms with E-state index in [1.54, 1.807) is 13.0 Å². The number of rotatable bonds is 4. The molecule has 1 aromatic rings. The van der Waals surface area contributed by atoms with Crippen LogP contribution in [0, 0.1) is 18.2 Å². The van der Waals surface area contributed by atoms with Crippen molar-refractivity contribution < 1.29 is 14.2 Å². The molecule has 1 atom stereocenters. The van der Waals surface area contributed by atoms with Gasteiger partial charge in [-0.25, -0.2) is 4.39 Å². The predicted molar refractivity (Wildman–Crippen MR) is 82.7 cm³/mol. The third-order valence-electron chi connectivity index (χ3n) is 4.89. The minimum Gasteiger partial charge on any atom is -0.385 e. The summed E-state index contributed by atoms with van der Waals surface area (Å²) in [6.45, 7) is 8.74. The molecule has 0 radical (unpaired) electrons. The fourth-order valence-corrected chi connectivity index (χ4v) is 3.22. The lowest BCUT2D eigenvalue weighted by molar-refractivity contribution is -0.153. The first kappa shape index (κ1) is 16.4. The maximum Gasteiger partial charge on any atom is 0.126 e. The van der Waals surface area contributed by atoms with E-state index in [0.717, 1.165) is 25.7 Å². The molecule has 1 unspecified atom stereocenters. The summed E-state index contributed by atoms with van der Waals surface area (Å²) in [5.41, 5.74) is 0.928. The number of ether oxygens (including phenoxy) is 1. The Morgan fingerprint density at radius 1 is 1.24 bits per heavy atom. The molecule has 2 rings (SSSR count). The Hall–Kier alpha value is -0.930. The summed E-state index contributed by atoms with van der Waals surface area (Å²) < 4.78 is 19.8. The Balaban J connectivity index is 2.27. The quantitative estimate of drug-likeness (QED) is 0.883. The second-order valence-corrected chi connectivity index (χ2v) is 7.07. The van der Waals surface area contributed by atoms with E-state index in [4.69, 9.17) is 4.74 Å². The SMILES string of the molecule is CCOC1(C(O)c2ccc(C)c(F)c2)CCC(C)(C)CC1. The van der Waals surface area contributed by atoms with Crippen molar-refractivity contribution in [3.05, 3.63) is 35.1 Å². The average molecular weight is 294 g/mol. The minimum atomic E-state index is -0.774. The van der Waals surface area contributed by atoms with Gasteiger partial charge in [0.15, 0.2) is 0 Å². The van der Waals surface area contributed by atoms with Crippen LogP contribution in [0.25, 0.3) is 0 Å². The Morgan fingerprint density at radius 2 is 1.86 bits per heavy atom. The molecule has 0 aromatic heterocycles. The topological polar surface area (TPSA) is 29.5 Å². The first-order valence-electron chi connectivity index (χ1n) is 7.88. The van der Waals surface area contributed by atoms with Gasteiger partial charge in [0.25, 0.3) is 0 Å². The van der Waals surface area contributed by atoms with E-state index < -0.39 is 11.7 Å². The van der Waals surface area contributed by atoms with Crippen LogP contribution in [-0.2, 0) is 4.74 Å². The highest BCUT2D eigenvalue weighted by Gasteiger charge is 2.44. The highest BCUT2D eigenvalue weighted by atomic mass is 19.1. The van der Waals surface area contributed by atoms with Gasteiger partial charge in [-0.05, 0) is 62.1 Å². The molecule has 1 aliphatic rings. The Labute approximate surface area is 127 Å². The molecule has 1 aliphatic carbocycles. The van der Waals surface area contributed by atoms with Crippen molar-refractivity contribution in [2.75, 3.05) is 6.61 Å². The van der Waals surface area contributed by atoms with Gasteiger partial charge in [0.1, 0.15) is 11.9 Å². The number of aryl methyl sites for hydroxylation is 1. The van der Waals surface area contributed by atoms with Gasteiger partial charge in [-0.3, -0.25) is 0 Å². The van der Waals surface area contributed by atoms with E-state index in [9.17, 15) is 9.50 Å². The standard InChI is InChI=1S/C18H27FO2/c1-5-21-18(10-8-17(3,4)9-11-18)16(20)14-7-6-13(2)15(19)12-14/h6-7,12,16,20H,5,8-11H2,1-4H3. The lowest BCUT2D eigenvalue weighted by Crippen LogP contribution is -2.44. The Bertz CT molecular complexity index is 486. The molecule has 0 bridgehead atoms. The van der Waals surface area contributed by atoms with Crippen molar-refractivity contribution in [3.8, 4) is 0 Å². The smallest absolute Gasteiger partial charge is 0.126 e. The zero-order valence-corrected chi connectivity index (χ0v) is 13.6. The van der Waals surface area contributed by atoms with Crippen molar-refractivity contribution in [1.29, 1.82) is 0 Å². The lowest BCUT2D eigenvalue weighted by Gasteiger charge is -2.46. The zero-order chi connectivity index (χ0) is 15.7. The van der Waals surface area contributed by atoms with E-state index in [0.29, 0.717) is 23.1 Å². The van der Waals surface area contributed by atoms with Gasteiger partial charge in [-0.15, -0.1) is 0 Å². The largest absolute Gasteiger partial charge is 0.385 e. The van der Waals surface area contributed by atoms with E-state index >= 15 is 0 Å². The van der Waals surface area contributed by atoms with Gasteiger partial charge >= 0.3 is 0 Å². The predicted octanol–water partition coefficient (Wildman–Crippen LogP) is 4.54. The molecule has 1 saturated carbocycles. The van der Waals surface area contributed by atoms with Crippen molar-refractivity contribution in [2.45, 2.75) is 65.1 Å². The minimum absolute atomic E-state index is 0.269. The first-order valence-corrected chi connectivity index (χ1v) is 7.88. The molecule has 0 heterocycles. The van der Waals surface area contributed by atoms with Crippen LogP contribution in [0.4, 0.5) is 4.39 Å². The van der Waals surface area contributed by atoms with Crippen molar-refractivity contribution in [3.63, 3.8) is 0 Å². The van der Waals surface area contributed by atoms with E-state index in [-0.39, 0.29) is 5.82 Å². The second-order valence-electron chi connectivity index (χ2n) is 7.07. The fourth-order valence-electron chi connectivity index (χ4n) is 3.22. The van der Waals surface area contributed by atoms with Crippen molar-refractivity contribution >= 4 is 0 Å². The molecule has 1 fully saturated rings. The molecule has 118 valence electrons. The second kappa shape index (κ2) is 6.05. The maximum atomic E-state index is 13.8. The molecule has 0 aliphatic heterocycles. The molecule has 0 amide bonds. The number of hydrogen-bond acceptors (Lipinski definition) is 2. The van der Waals surface area contributed by atoms with Crippen LogP contribution in [0.1, 0.15) is 63.7 Å². The maximum absolute atomic E-state index is 13.8. The highest BCUT2D eigenvalue weighted by molar-refractivity contribution is 5.27. The fraction of sp³-hybridized carbons (Fsp3) is 0.667. The number of benzene rings is 1. The number of aliphatic hydroxyl groups excluding tert-OH is 1. The summed E-state index contributed by atoms with van der Waals surface area (Å²) in [6, 6.07) is 4.98. The van der Waals surface area contributed by atoms with Crippen LogP contribution in [0.5, 0.6) is 0 Å². The van der Waals surface area contributed by atoms with Crippen LogP contribution in [0.3, 0.4) is 0 Å². The summed E-state index contributed by atoms with van der Waals surface area (Å²) in [5.74, 6) is -0.269. The van der Waals surface area contributed by atoms with E-state index in [1.165, 1.54) is 6.07 Å². The van der Waals surface area contributed by atoms with E-state index in [2.05, 4.69) is 13.8 Å². The summed E-state index contributed by atoms with van der Waals surface area (Å²) in [7, 11) is 0. The molecule has 0 saturated heterocycles. The van der Waals surface area contributed by atoms with Crippen LogP contribution in [-0.4, -0.2) is 17.3 Å². The van der Waals surface area contributed by atoms with Gasteiger partial charge in [0, 0.05) is 6.61 Å². The molecule has 3 heteroatoms. The molecular formula is C18H27FO2. The summed E-state index contributed by atoms with van der Waals surface area (Å²) in [4.78, 5) is 0. The first-order chi connectivity index (χ1) is 9.80. The van der Waals surface area contributed by atoms with Gasteiger partial charge in [-0.2, -0.15) is 0 Å². The van der Waals surface area contributed by atoms with Crippen molar-refractivity contribution in [1.82, 2.24) is 0 Å². The van der Waals surface area contributed by atoms with Gasteiger partial charge < -0.3 is 9.84 Å². The molecule has 1 N–H and O–H groups in total. The van der Waals surface area contributed by atoms with E-state index in [1.807, 2.05) is 13.0 Å². The molecule has 2 nitrogen and oxygen atoms in total. The van der Waals surface area contributed by atoms with Gasteiger partial charge in [0.05, 0.1) is 5.60 Å². The Morgan fingerprint density at radius 3 is 2.38 bits per heavy atom. The third-order valence-corrected chi connectivity index (χ3v) is 4.89. The summed E-state index contributed by atoms with van der Waals surface area (Å²) in [5, 5.41) is 10.8. The monoisotopic (exact) mass is 294 g/mol. The summed E-state index contributed by atoms with van der Waals surface area (Å²) in [6.07, 6.45) is 2.87. The number of hydrogen-bond donors (Lipinski definition) is 1. The van der Waals surface area contributed by atoms with Crippen LogP contribution in [0.15, 0.2) is 18.2 Å². The van der Waals surface area contributed by atoms with Gasteiger partial charge in [-0.1, -0.05) is 26.0 Å². The lowest BCUT2D eigenvalue weighted by atomic mass is 9.68. The van der Waals surface area contributed by atoms with Crippen LogP contribution < -0.4 is 0 Å². The molecule has 21 heavy (non-hydrogen) atoms. The molecule has 1 aromatic carbocycles. The molecular weight excluding hydrogens is 267 g/mol. The third kappa shape index (κ3) is 3.46. The van der Waals surface area contributed by atoms with Gasteiger partial charge in [0.2, 0.25) is 0 Å². The highest BCUT2D eigenvalue weighted by Crippen LogP contribution is 2.47. The zero-order valence-electron chi connectivity index (χ0n) is 13.6. The Kier molecular flexibility index (Phi) is 4.74. The summed E-state index contributed by atoms with van der Waals surface area (Å²) >= 11 is 0. The molecule has 0 spiro atoms. The van der Waals surface area contributed by atoms with Crippen molar-refractivity contribution in [2.24, 2.45) is 5.41 Å². The number of halogens is 1. The van der Waals surface area contributed by atoms with Crippen LogP contribution in [0.2, 0.25) is 0 Å². The van der Waals surface area contributed by atoms with Crippen LogP contribution >= 0.6 is 0 Å². The average Bonchev–Trinajstić information content (AvgIpc) is 2.44. The number of aliphatic hydroxyl groups is 1.